The number of hydrogen-bond donors (Lipinski definition) is 3. The van der Waals surface area contributed by atoms with Crippen molar-refractivity contribution >= 4 is 23.7 Å². The second-order valence-corrected chi connectivity index (χ2v) is 5.72. The number of benzene rings is 1. The Morgan fingerprint density at radius 1 is 1.33 bits per heavy atom. The number of carbonyl (C=O) groups is 2. The number of para-hydroxylation sites is 2. The van der Waals surface area contributed by atoms with Gasteiger partial charge in [-0.1, -0.05) is 23.9 Å². The van der Waals surface area contributed by atoms with Crippen molar-refractivity contribution in [1.29, 1.82) is 0 Å². The third kappa shape index (κ3) is 3.35. The van der Waals surface area contributed by atoms with Crippen LogP contribution in [0.5, 0.6) is 11.5 Å². The van der Waals surface area contributed by atoms with Gasteiger partial charge in [0, 0.05) is 0 Å². The number of nitrogens with one attached hydrogen (secondary N) is 1. The van der Waals surface area contributed by atoms with E-state index in [0.29, 0.717) is 22.5 Å². The molecule has 126 valence electrons. The molecular weight excluding hydrogens is 336 g/mol. The van der Waals surface area contributed by atoms with Crippen molar-refractivity contribution in [3.63, 3.8) is 0 Å². The van der Waals surface area contributed by atoms with Crippen LogP contribution in [0.3, 0.4) is 0 Å². The number of nitrogens with two attached hydrogens (primary N) is 2. The van der Waals surface area contributed by atoms with Crippen LogP contribution in [0.1, 0.15) is 11.9 Å². The van der Waals surface area contributed by atoms with Crippen LogP contribution >= 0.6 is 11.8 Å². The molecule has 1 aliphatic rings. The highest BCUT2D eigenvalue weighted by Crippen LogP contribution is 2.35. The molecule has 0 fully saturated rings. The zero-order valence-corrected chi connectivity index (χ0v) is 13.2. The molecule has 1 aliphatic heterocycles. The second-order valence-electron chi connectivity index (χ2n) is 4.78. The SMILES string of the molecule is NC(=O)NC(=O)CSc1nnc([C@@H]2COc3ccccc3O2)n1N. The smallest absolute Gasteiger partial charge is 0.318 e. The van der Waals surface area contributed by atoms with E-state index in [4.69, 9.17) is 21.1 Å². The van der Waals surface area contributed by atoms with E-state index in [2.05, 4.69) is 10.2 Å². The molecule has 5 N–H and O–H groups in total. The van der Waals surface area contributed by atoms with Gasteiger partial charge >= 0.3 is 6.03 Å². The Hall–Kier alpha value is -2.95. The average Bonchev–Trinajstić information content (AvgIpc) is 2.92. The number of nitrogen functional groups attached to an aromatic ring is 1. The normalized spacial score (nSPS) is 15.8. The zero-order valence-electron chi connectivity index (χ0n) is 12.3. The minimum atomic E-state index is -0.915. The Kier molecular flexibility index (Phi) is 4.42. The lowest BCUT2D eigenvalue weighted by atomic mass is 10.2. The maximum atomic E-state index is 11.4. The molecular formula is C13H14N6O4S. The van der Waals surface area contributed by atoms with Gasteiger partial charge in [-0.25, -0.2) is 9.47 Å². The van der Waals surface area contributed by atoms with Gasteiger partial charge in [0.1, 0.15) is 6.61 Å². The molecule has 2 heterocycles. The first-order valence-corrected chi connectivity index (χ1v) is 7.84. The summed E-state index contributed by atoms with van der Waals surface area (Å²) in [5.41, 5.74) is 4.86. The van der Waals surface area contributed by atoms with Crippen molar-refractivity contribution in [3.05, 3.63) is 30.1 Å². The van der Waals surface area contributed by atoms with E-state index in [1.165, 1.54) is 4.68 Å². The number of rotatable bonds is 4. The summed E-state index contributed by atoms with van der Waals surface area (Å²) in [7, 11) is 0. The summed E-state index contributed by atoms with van der Waals surface area (Å²) >= 11 is 1.02. The molecule has 0 bridgehead atoms. The fourth-order valence-corrected chi connectivity index (χ4v) is 2.72. The van der Waals surface area contributed by atoms with Crippen molar-refractivity contribution in [2.24, 2.45) is 5.73 Å². The Morgan fingerprint density at radius 2 is 2.08 bits per heavy atom. The summed E-state index contributed by atoms with van der Waals surface area (Å²) in [6.07, 6.45) is -0.522. The third-order valence-electron chi connectivity index (χ3n) is 3.08. The lowest BCUT2D eigenvalue weighted by molar-refractivity contribution is -0.117. The molecule has 11 heteroatoms. The topological polar surface area (TPSA) is 147 Å². The first kappa shape index (κ1) is 15.9. The molecule has 3 amide bonds. The minimum Gasteiger partial charge on any atom is -0.485 e. The molecule has 3 rings (SSSR count). The molecule has 1 aromatic carbocycles. The summed E-state index contributed by atoms with van der Waals surface area (Å²) in [4.78, 5) is 22.0. The van der Waals surface area contributed by atoms with Crippen LogP contribution in [0.15, 0.2) is 29.4 Å². The van der Waals surface area contributed by atoms with Crippen LogP contribution < -0.4 is 26.4 Å². The van der Waals surface area contributed by atoms with Gasteiger partial charge in [-0.15, -0.1) is 10.2 Å². The van der Waals surface area contributed by atoms with E-state index in [9.17, 15) is 9.59 Å². The summed E-state index contributed by atoms with van der Waals surface area (Å²) in [5.74, 6) is 6.92. The number of urea groups is 1. The minimum absolute atomic E-state index is 0.0802. The highest BCUT2D eigenvalue weighted by molar-refractivity contribution is 7.99. The average molecular weight is 350 g/mol. The molecule has 10 nitrogen and oxygen atoms in total. The van der Waals surface area contributed by atoms with Gasteiger partial charge in [-0.2, -0.15) is 0 Å². The van der Waals surface area contributed by atoms with Crippen LogP contribution in [0.2, 0.25) is 0 Å². The lowest BCUT2D eigenvalue weighted by Crippen LogP contribution is -2.36. The van der Waals surface area contributed by atoms with Crippen LogP contribution in [0.4, 0.5) is 4.79 Å². The number of hydrogen-bond acceptors (Lipinski definition) is 8. The van der Waals surface area contributed by atoms with Gasteiger partial charge in [0.15, 0.2) is 23.4 Å². The van der Waals surface area contributed by atoms with Gasteiger partial charge in [-0.3, -0.25) is 10.1 Å². The fraction of sp³-hybridized carbons (Fsp3) is 0.231. The van der Waals surface area contributed by atoms with Crippen molar-refractivity contribution < 1.29 is 19.1 Å². The summed E-state index contributed by atoms with van der Waals surface area (Å²) in [5, 5.41) is 10.2. The van der Waals surface area contributed by atoms with Crippen LogP contribution in [0, 0.1) is 0 Å². The van der Waals surface area contributed by atoms with Crippen LogP contribution in [-0.4, -0.2) is 39.2 Å². The van der Waals surface area contributed by atoms with Gasteiger partial charge in [0.25, 0.3) is 0 Å². The number of amides is 3. The summed E-state index contributed by atoms with van der Waals surface area (Å²) < 4.78 is 12.7. The fourth-order valence-electron chi connectivity index (χ4n) is 2.06. The van der Waals surface area contributed by atoms with Crippen molar-refractivity contribution in [1.82, 2.24) is 20.2 Å². The molecule has 1 atom stereocenters. The van der Waals surface area contributed by atoms with Crippen LogP contribution in [0.25, 0.3) is 0 Å². The monoisotopic (exact) mass is 350 g/mol. The Labute approximate surface area is 140 Å². The molecule has 1 aromatic heterocycles. The quantitative estimate of drug-likeness (QED) is 0.507. The highest BCUT2D eigenvalue weighted by atomic mass is 32.2. The Balaban J connectivity index is 1.67. The number of imide groups is 1. The van der Waals surface area contributed by atoms with E-state index < -0.39 is 18.0 Å². The molecule has 0 radical (unpaired) electrons. The molecule has 2 aromatic rings. The van der Waals surface area contributed by atoms with Crippen LogP contribution in [-0.2, 0) is 4.79 Å². The highest BCUT2D eigenvalue weighted by Gasteiger charge is 2.28. The number of nitrogens with zero attached hydrogens (tertiary/aromatic N) is 3. The Morgan fingerprint density at radius 3 is 2.83 bits per heavy atom. The largest absolute Gasteiger partial charge is 0.485 e. The molecule has 0 saturated carbocycles. The predicted octanol–water partition coefficient (Wildman–Crippen LogP) is -0.209. The molecule has 0 unspecified atom stereocenters. The van der Waals surface area contributed by atoms with Gasteiger partial charge in [-0.05, 0) is 12.1 Å². The first-order chi connectivity index (χ1) is 11.5. The lowest BCUT2D eigenvalue weighted by Gasteiger charge is -2.25. The molecule has 24 heavy (non-hydrogen) atoms. The summed E-state index contributed by atoms with van der Waals surface area (Å²) in [6.45, 7) is 0.235. The number of ether oxygens (including phenoxy) is 2. The molecule has 0 spiro atoms. The predicted molar refractivity (Wildman–Crippen MR) is 83.9 cm³/mol. The van der Waals surface area contributed by atoms with E-state index in [1.54, 1.807) is 12.1 Å². The zero-order chi connectivity index (χ0) is 17.1. The number of fused-ring (bicyclic) bond motifs is 1. The molecule has 0 saturated heterocycles. The number of carbonyl (C=O) groups excluding carboxylic acids is 2. The summed E-state index contributed by atoms with van der Waals surface area (Å²) in [6, 6.07) is 6.35. The maximum absolute atomic E-state index is 11.4. The van der Waals surface area contributed by atoms with E-state index in [0.717, 1.165) is 11.8 Å². The van der Waals surface area contributed by atoms with Crippen molar-refractivity contribution in [3.8, 4) is 11.5 Å². The molecule has 0 aliphatic carbocycles. The van der Waals surface area contributed by atoms with Gasteiger partial charge in [0.2, 0.25) is 11.1 Å². The maximum Gasteiger partial charge on any atom is 0.318 e. The Bertz CT molecular complexity index is 780. The number of thioether (sulfide) groups is 1. The van der Waals surface area contributed by atoms with Crippen molar-refractivity contribution in [2.45, 2.75) is 11.3 Å². The van der Waals surface area contributed by atoms with E-state index in [1.807, 2.05) is 17.4 Å². The standard InChI is InChI=1S/C13H14N6O4S/c14-12(21)16-10(20)6-24-13-18-17-11(19(13)15)9-5-22-7-3-1-2-4-8(7)23-9/h1-4,9H,5-6,15H2,(H3,14,16,20,21)/t9-/m0/s1. The number of aromatic nitrogens is 3. The van der Waals surface area contributed by atoms with Gasteiger partial charge in [0.05, 0.1) is 5.75 Å². The van der Waals surface area contributed by atoms with E-state index in [-0.39, 0.29) is 12.4 Å². The van der Waals surface area contributed by atoms with Crippen molar-refractivity contribution in [2.75, 3.05) is 18.2 Å². The first-order valence-electron chi connectivity index (χ1n) is 6.85. The third-order valence-corrected chi connectivity index (χ3v) is 4.03. The second kappa shape index (κ2) is 6.66. The van der Waals surface area contributed by atoms with E-state index >= 15 is 0 Å². The number of primary amides is 1. The van der Waals surface area contributed by atoms with Gasteiger partial charge < -0.3 is 21.1 Å².